The molecule has 2 aromatic carbocycles. The lowest BCUT2D eigenvalue weighted by atomic mass is 10.1. The third kappa shape index (κ3) is 6.21. The molecule has 200 valence electrons. The second kappa shape index (κ2) is 11.2. The summed E-state index contributed by atoms with van der Waals surface area (Å²) in [4.78, 5) is 34.0. The summed E-state index contributed by atoms with van der Waals surface area (Å²) >= 11 is 1.04. The molecule has 3 aromatic rings. The monoisotopic (exact) mass is 552 g/mol. The van der Waals surface area contributed by atoms with Crippen LogP contribution in [0.4, 0.5) is 18.9 Å². The van der Waals surface area contributed by atoms with Gasteiger partial charge in [-0.1, -0.05) is 12.1 Å². The lowest BCUT2D eigenvalue weighted by Crippen LogP contribution is -2.45. The summed E-state index contributed by atoms with van der Waals surface area (Å²) in [6, 6.07) is 10.7. The minimum atomic E-state index is -4.72. The predicted octanol–water partition coefficient (Wildman–Crippen LogP) is 5.25. The van der Waals surface area contributed by atoms with Crippen molar-refractivity contribution in [1.82, 2.24) is 9.88 Å². The summed E-state index contributed by atoms with van der Waals surface area (Å²) in [5.41, 5.74) is 0.00991. The molecular formula is C28H23F3N4O3S. The maximum Gasteiger partial charge on any atom is 0.416 e. The molecule has 1 aliphatic rings. The first-order chi connectivity index (χ1) is 18.5. The van der Waals surface area contributed by atoms with E-state index in [1.54, 1.807) is 38.1 Å². The number of nitriles is 1. The van der Waals surface area contributed by atoms with Crippen LogP contribution in [0.5, 0.6) is 5.75 Å². The largest absolute Gasteiger partial charge is 0.491 e. The van der Waals surface area contributed by atoms with E-state index in [1.165, 1.54) is 16.3 Å². The molecule has 1 aromatic heterocycles. The maximum atomic E-state index is 13.8. The van der Waals surface area contributed by atoms with E-state index < -0.39 is 35.7 Å². The summed E-state index contributed by atoms with van der Waals surface area (Å²) in [6.07, 6.45) is 0.419. The highest BCUT2D eigenvalue weighted by molar-refractivity contribution is 7.10. The van der Waals surface area contributed by atoms with Crippen molar-refractivity contribution in [2.24, 2.45) is 0 Å². The number of hydrogen-bond acceptors (Lipinski definition) is 6. The quantitative estimate of drug-likeness (QED) is 0.374. The van der Waals surface area contributed by atoms with Crippen LogP contribution in [0.1, 0.15) is 52.5 Å². The van der Waals surface area contributed by atoms with Crippen molar-refractivity contribution in [3.05, 3.63) is 75.2 Å². The zero-order valence-electron chi connectivity index (χ0n) is 21.0. The molecule has 1 saturated heterocycles. The molecule has 2 heterocycles. The van der Waals surface area contributed by atoms with Crippen LogP contribution >= 0.6 is 11.3 Å². The van der Waals surface area contributed by atoms with Crippen LogP contribution in [0.2, 0.25) is 0 Å². The highest BCUT2D eigenvalue weighted by atomic mass is 32.1. The summed E-state index contributed by atoms with van der Waals surface area (Å²) in [5, 5.41) is 10.7. The molecule has 0 spiro atoms. The molecule has 0 aliphatic carbocycles. The molecule has 1 fully saturated rings. The molecular weight excluding hydrogens is 529 g/mol. The number of terminal acetylenes is 1. The van der Waals surface area contributed by atoms with E-state index in [0.717, 1.165) is 33.9 Å². The van der Waals surface area contributed by atoms with E-state index in [4.69, 9.17) is 16.4 Å². The second-order valence-corrected chi connectivity index (χ2v) is 9.97. The molecule has 39 heavy (non-hydrogen) atoms. The topological polar surface area (TPSA) is 86.5 Å². The molecule has 1 aliphatic heterocycles. The smallest absolute Gasteiger partial charge is 0.416 e. The number of benzene rings is 2. The van der Waals surface area contributed by atoms with Crippen molar-refractivity contribution in [3.8, 4) is 24.2 Å². The van der Waals surface area contributed by atoms with E-state index in [1.807, 2.05) is 6.07 Å². The van der Waals surface area contributed by atoms with Gasteiger partial charge in [-0.2, -0.15) is 18.4 Å². The summed E-state index contributed by atoms with van der Waals surface area (Å²) in [7, 11) is 0. The van der Waals surface area contributed by atoms with Crippen molar-refractivity contribution in [1.29, 1.82) is 5.26 Å². The minimum absolute atomic E-state index is 0.0740. The summed E-state index contributed by atoms with van der Waals surface area (Å²) in [5.74, 6) is 1.07. The number of hydrogen-bond donors (Lipinski definition) is 0. The average Bonchev–Trinajstić information content (AvgIpc) is 3.51. The fourth-order valence-electron chi connectivity index (χ4n) is 4.25. The number of halogens is 3. The van der Waals surface area contributed by atoms with Gasteiger partial charge in [-0.15, -0.1) is 17.8 Å². The Balaban J connectivity index is 1.74. The highest BCUT2D eigenvalue weighted by Crippen LogP contribution is 2.38. The van der Waals surface area contributed by atoms with Crippen molar-refractivity contribution < 1.29 is 27.5 Å². The lowest BCUT2D eigenvalue weighted by Gasteiger charge is -2.29. The predicted molar refractivity (Wildman–Crippen MR) is 139 cm³/mol. The molecule has 1 atom stereocenters. The first kappa shape index (κ1) is 27.7. The highest BCUT2D eigenvalue weighted by Gasteiger charge is 2.41. The van der Waals surface area contributed by atoms with Crippen molar-refractivity contribution in [3.63, 3.8) is 0 Å². The Morgan fingerprint density at radius 2 is 2.00 bits per heavy atom. The first-order valence-corrected chi connectivity index (χ1v) is 12.8. The molecule has 1 unspecified atom stereocenters. The minimum Gasteiger partial charge on any atom is -0.491 e. The van der Waals surface area contributed by atoms with Gasteiger partial charge in [0.2, 0.25) is 5.91 Å². The van der Waals surface area contributed by atoms with E-state index in [-0.39, 0.29) is 41.6 Å². The Bertz CT molecular complexity index is 1470. The van der Waals surface area contributed by atoms with E-state index in [2.05, 4.69) is 10.9 Å². The maximum absolute atomic E-state index is 13.8. The number of ether oxygens (including phenoxy) is 1. The molecule has 7 nitrogen and oxygen atoms in total. The zero-order chi connectivity index (χ0) is 28.3. The van der Waals surface area contributed by atoms with Gasteiger partial charge in [-0.05, 0) is 56.0 Å². The van der Waals surface area contributed by atoms with E-state index in [0.29, 0.717) is 5.56 Å². The van der Waals surface area contributed by atoms with E-state index >= 15 is 0 Å². The number of amides is 2. The van der Waals surface area contributed by atoms with Gasteiger partial charge in [0.05, 0.1) is 23.3 Å². The number of nitrogens with zero attached hydrogens (tertiary/aromatic N) is 4. The fourth-order valence-corrected chi connectivity index (χ4v) is 4.85. The molecule has 0 radical (unpaired) electrons. The number of rotatable bonds is 7. The fraction of sp³-hybridized carbons (Fsp3) is 0.286. The van der Waals surface area contributed by atoms with Gasteiger partial charge in [0.15, 0.2) is 5.01 Å². The first-order valence-electron chi connectivity index (χ1n) is 11.9. The number of carbonyl (C=O) groups is 2. The number of alkyl halides is 3. The van der Waals surface area contributed by atoms with Crippen LogP contribution in [0.3, 0.4) is 0 Å². The number of thiazole rings is 1. The Morgan fingerprint density at radius 1 is 1.28 bits per heavy atom. The van der Waals surface area contributed by atoms with Crippen LogP contribution in [0.15, 0.2) is 47.8 Å². The Kier molecular flexibility index (Phi) is 7.93. The van der Waals surface area contributed by atoms with Gasteiger partial charge in [-0.25, -0.2) is 4.98 Å². The van der Waals surface area contributed by atoms with E-state index in [9.17, 15) is 22.8 Å². The molecule has 0 N–H and O–H groups in total. The average molecular weight is 553 g/mol. The number of aromatic nitrogens is 1. The number of carbonyl (C=O) groups excluding carboxylic acids is 2. The summed E-state index contributed by atoms with van der Waals surface area (Å²) in [6.45, 7) is 3.82. The van der Waals surface area contributed by atoms with Gasteiger partial charge in [-0.3, -0.25) is 14.5 Å². The lowest BCUT2D eigenvalue weighted by molar-refractivity contribution is -0.137. The molecule has 2 amide bonds. The van der Waals surface area contributed by atoms with Crippen LogP contribution in [-0.2, 0) is 17.5 Å². The molecule has 11 heteroatoms. The Morgan fingerprint density at radius 3 is 2.59 bits per heavy atom. The third-order valence-corrected chi connectivity index (χ3v) is 6.74. The van der Waals surface area contributed by atoms with Crippen molar-refractivity contribution >= 4 is 28.8 Å². The summed E-state index contributed by atoms with van der Waals surface area (Å²) < 4.78 is 47.1. The van der Waals surface area contributed by atoms with Gasteiger partial charge in [0.1, 0.15) is 17.5 Å². The number of likely N-dealkylation sites (tertiary alicyclic amines) is 1. The van der Waals surface area contributed by atoms with Gasteiger partial charge in [0.25, 0.3) is 5.91 Å². The zero-order valence-corrected chi connectivity index (χ0v) is 21.8. The normalized spacial score (nSPS) is 15.2. The second-order valence-electron chi connectivity index (χ2n) is 9.11. The third-order valence-electron chi connectivity index (χ3n) is 5.97. The molecule has 4 rings (SSSR count). The van der Waals surface area contributed by atoms with Crippen LogP contribution in [0, 0.1) is 23.7 Å². The SMILES string of the molecule is C#Cc1nc(C(=O)N(c2cc(OC(C)C)cc(C(F)(F)F)c2)C2CCN(Cc3ccc(C#N)cc3)C2=O)cs1. The van der Waals surface area contributed by atoms with Crippen molar-refractivity contribution in [2.45, 2.75) is 45.1 Å². The molecule has 0 bridgehead atoms. The van der Waals surface area contributed by atoms with Crippen LogP contribution in [-0.4, -0.2) is 40.4 Å². The Hall–Kier alpha value is -4.35. The van der Waals surface area contributed by atoms with Gasteiger partial charge >= 0.3 is 6.18 Å². The van der Waals surface area contributed by atoms with Gasteiger partial charge < -0.3 is 9.64 Å². The van der Waals surface area contributed by atoms with Gasteiger partial charge in [0, 0.05) is 30.2 Å². The number of anilines is 1. The molecule has 0 saturated carbocycles. The Labute approximate surface area is 227 Å². The van der Waals surface area contributed by atoms with Crippen LogP contribution in [0.25, 0.3) is 0 Å². The van der Waals surface area contributed by atoms with Crippen LogP contribution < -0.4 is 9.64 Å². The van der Waals surface area contributed by atoms with Crippen molar-refractivity contribution in [2.75, 3.05) is 11.4 Å². The standard InChI is InChI=1S/C28H23F3N4O3S/c1-4-25-33-23(16-39-25)26(36)35(21-11-20(28(29,30)31)12-22(13-21)38-17(2)3)24-9-10-34(27(24)37)15-19-7-5-18(14-32)6-8-19/h1,5-8,11-13,16-17,24H,9-10,15H2,2-3H3.